The van der Waals surface area contributed by atoms with Crippen molar-refractivity contribution in [3.05, 3.63) is 54.2 Å². The van der Waals surface area contributed by atoms with E-state index < -0.39 is 24.2 Å². The minimum Gasteiger partial charge on any atom is -0.492 e. The van der Waals surface area contributed by atoms with Gasteiger partial charge >= 0.3 is 6.36 Å². The molecule has 1 fully saturated rings. The van der Waals surface area contributed by atoms with Crippen molar-refractivity contribution in [2.24, 2.45) is 0 Å². The number of nitrogens with zero attached hydrogens (tertiary/aromatic N) is 3. The van der Waals surface area contributed by atoms with E-state index in [4.69, 9.17) is 4.74 Å². The van der Waals surface area contributed by atoms with Gasteiger partial charge in [0.1, 0.15) is 23.6 Å². The molecule has 0 unspecified atom stereocenters. The lowest BCUT2D eigenvalue weighted by molar-refractivity contribution is -0.274. The van der Waals surface area contributed by atoms with Crippen molar-refractivity contribution < 1.29 is 37.3 Å². The van der Waals surface area contributed by atoms with Crippen molar-refractivity contribution in [3.8, 4) is 17.4 Å². The van der Waals surface area contributed by atoms with Crippen molar-refractivity contribution in [1.29, 1.82) is 0 Å². The minimum atomic E-state index is -4.76. The first-order valence-electron chi connectivity index (χ1n) is 11.7. The molecular formula is C25H25F3N4O5. The highest BCUT2D eigenvalue weighted by Gasteiger charge is 2.32. The first-order chi connectivity index (χ1) is 17.6. The third-order valence-corrected chi connectivity index (χ3v) is 5.89. The number of amides is 2. The van der Waals surface area contributed by atoms with E-state index in [0.29, 0.717) is 49.1 Å². The number of aromatic nitrogens is 2. The molecule has 3 aromatic rings. The van der Waals surface area contributed by atoms with Gasteiger partial charge in [-0.05, 0) is 42.8 Å². The van der Waals surface area contributed by atoms with Crippen LogP contribution in [0.25, 0.3) is 11.0 Å². The van der Waals surface area contributed by atoms with Crippen LogP contribution in [-0.2, 0) is 4.79 Å². The summed E-state index contributed by atoms with van der Waals surface area (Å²) in [5.41, 5.74) is 0.619. The SMILES string of the molecule is CC[C@H](NC(=O)c1nc2ccccc2nc1O)C(=O)N1CCC(Oc2ccc(OC(F)(F)F)cc2)CC1. The Kier molecular flexibility index (Phi) is 7.65. The summed E-state index contributed by atoms with van der Waals surface area (Å²) in [5.74, 6) is -1.43. The van der Waals surface area contributed by atoms with Crippen LogP contribution < -0.4 is 14.8 Å². The van der Waals surface area contributed by atoms with E-state index in [-0.39, 0.29) is 23.5 Å². The Morgan fingerprint density at radius 2 is 1.65 bits per heavy atom. The number of nitrogens with one attached hydrogen (secondary N) is 1. The number of carbonyl (C=O) groups excluding carboxylic acids is 2. The summed E-state index contributed by atoms with van der Waals surface area (Å²) in [4.78, 5) is 35.7. The summed E-state index contributed by atoms with van der Waals surface area (Å²) >= 11 is 0. The number of carbonyl (C=O) groups is 2. The number of piperidine rings is 1. The number of fused-ring (bicyclic) bond motifs is 1. The zero-order chi connectivity index (χ0) is 26.6. The standard InChI is InChI=1S/C25H25F3N4O5/c1-2-18(30-22(33)21-23(34)31-20-6-4-3-5-19(20)29-21)24(35)32-13-11-16(12-14-32)36-15-7-9-17(10-8-15)37-25(26,27)28/h3-10,16,18H,2,11-14H2,1H3,(H,30,33)(H,31,34)/t18-/m0/s1. The summed E-state index contributed by atoms with van der Waals surface area (Å²) in [6.45, 7) is 2.52. The second kappa shape index (κ2) is 10.9. The number of halogens is 3. The molecule has 0 aliphatic carbocycles. The molecule has 2 amide bonds. The average molecular weight is 518 g/mol. The lowest BCUT2D eigenvalue weighted by atomic mass is 10.1. The van der Waals surface area contributed by atoms with Gasteiger partial charge in [-0.2, -0.15) is 0 Å². The zero-order valence-electron chi connectivity index (χ0n) is 19.9. The van der Waals surface area contributed by atoms with Crippen LogP contribution in [0.2, 0.25) is 0 Å². The molecule has 1 saturated heterocycles. The topological polar surface area (TPSA) is 114 Å². The fourth-order valence-electron chi connectivity index (χ4n) is 4.03. The van der Waals surface area contributed by atoms with E-state index in [0.717, 1.165) is 0 Å². The maximum Gasteiger partial charge on any atom is 0.573 e. The first-order valence-corrected chi connectivity index (χ1v) is 11.7. The van der Waals surface area contributed by atoms with Crippen LogP contribution in [0, 0.1) is 0 Å². The second-order valence-corrected chi connectivity index (χ2v) is 8.48. The smallest absolute Gasteiger partial charge is 0.492 e. The number of hydrogen-bond acceptors (Lipinski definition) is 7. The summed E-state index contributed by atoms with van der Waals surface area (Å²) < 4.78 is 46.6. The lowest BCUT2D eigenvalue weighted by Crippen LogP contribution is -2.51. The van der Waals surface area contributed by atoms with Crippen LogP contribution in [0.15, 0.2) is 48.5 Å². The predicted octanol–water partition coefficient (Wildman–Crippen LogP) is 3.81. The molecule has 0 spiro atoms. The molecule has 0 saturated carbocycles. The van der Waals surface area contributed by atoms with Crippen molar-refractivity contribution in [3.63, 3.8) is 0 Å². The summed E-state index contributed by atoms with van der Waals surface area (Å²) in [6, 6.07) is 11.1. The Bertz CT molecular complexity index is 1260. The highest BCUT2D eigenvalue weighted by atomic mass is 19.4. The highest BCUT2D eigenvalue weighted by Crippen LogP contribution is 2.26. The average Bonchev–Trinajstić information content (AvgIpc) is 2.87. The zero-order valence-corrected chi connectivity index (χ0v) is 19.9. The molecule has 2 aromatic carbocycles. The molecule has 2 N–H and O–H groups in total. The lowest BCUT2D eigenvalue weighted by Gasteiger charge is -2.34. The van der Waals surface area contributed by atoms with Gasteiger partial charge < -0.3 is 24.8 Å². The quantitative estimate of drug-likeness (QED) is 0.489. The molecule has 0 radical (unpaired) electrons. The third kappa shape index (κ3) is 6.57. The Balaban J connectivity index is 1.31. The van der Waals surface area contributed by atoms with Gasteiger partial charge in [-0.3, -0.25) is 9.59 Å². The fourth-order valence-corrected chi connectivity index (χ4v) is 4.03. The van der Waals surface area contributed by atoms with Gasteiger partial charge in [0.05, 0.1) is 11.0 Å². The normalized spacial score (nSPS) is 15.3. The van der Waals surface area contributed by atoms with Crippen molar-refractivity contribution in [2.45, 2.75) is 44.7 Å². The highest BCUT2D eigenvalue weighted by molar-refractivity contribution is 5.99. The van der Waals surface area contributed by atoms with E-state index in [1.54, 1.807) is 36.1 Å². The van der Waals surface area contributed by atoms with Crippen LogP contribution in [0.5, 0.6) is 17.4 Å². The number of rotatable bonds is 7. The van der Waals surface area contributed by atoms with Gasteiger partial charge in [0.15, 0.2) is 5.69 Å². The number of aromatic hydroxyl groups is 1. The number of alkyl halides is 3. The van der Waals surface area contributed by atoms with Crippen LogP contribution >= 0.6 is 0 Å². The van der Waals surface area contributed by atoms with Crippen molar-refractivity contribution in [1.82, 2.24) is 20.2 Å². The van der Waals surface area contributed by atoms with Crippen molar-refractivity contribution in [2.75, 3.05) is 13.1 Å². The maximum absolute atomic E-state index is 13.1. The predicted molar refractivity (Wildman–Crippen MR) is 126 cm³/mol. The van der Waals surface area contributed by atoms with Crippen LogP contribution in [0.1, 0.15) is 36.7 Å². The molecular weight excluding hydrogens is 493 g/mol. The van der Waals surface area contributed by atoms with Gasteiger partial charge in [-0.1, -0.05) is 19.1 Å². The van der Waals surface area contributed by atoms with Crippen LogP contribution in [0.3, 0.4) is 0 Å². The largest absolute Gasteiger partial charge is 0.573 e. The van der Waals surface area contributed by atoms with Gasteiger partial charge in [-0.25, -0.2) is 9.97 Å². The van der Waals surface area contributed by atoms with E-state index in [2.05, 4.69) is 20.0 Å². The molecule has 9 nitrogen and oxygen atoms in total. The Hall–Kier alpha value is -4.09. The minimum absolute atomic E-state index is 0.224. The number of ether oxygens (including phenoxy) is 2. The number of para-hydroxylation sites is 2. The molecule has 12 heteroatoms. The maximum atomic E-state index is 13.1. The third-order valence-electron chi connectivity index (χ3n) is 5.89. The number of benzene rings is 2. The second-order valence-electron chi connectivity index (χ2n) is 8.48. The van der Waals surface area contributed by atoms with Gasteiger partial charge in [0, 0.05) is 25.9 Å². The molecule has 1 aliphatic rings. The molecule has 0 bridgehead atoms. The molecule has 4 rings (SSSR count). The molecule has 196 valence electrons. The Morgan fingerprint density at radius 3 is 2.24 bits per heavy atom. The van der Waals surface area contributed by atoms with Gasteiger partial charge in [0.25, 0.3) is 5.91 Å². The molecule has 37 heavy (non-hydrogen) atoms. The summed E-state index contributed by atoms with van der Waals surface area (Å²) in [6.07, 6.45) is -3.64. The first kappa shape index (κ1) is 26.0. The number of hydrogen-bond donors (Lipinski definition) is 2. The van der Waals surface area contributed by atoms with E-state index in [1.165, 1.54) is 24.3 Å². The van der Waals surface area contributed by atoms with Crippen LogP contribution in [-0.4, -0.2) is 63.4 Å². The van der Waals surface area contributed by atoms with Gasteiger partial charge in [0.2, 0.25) is 11.8 Å². The van der Waals surface area contributed by atoms with Crippen LogP contribution in [0.4, 0.5) is 13.2 Å². The number of likely N-dealkylation sites (tertiary alicyclic amines) is 1. The van der Waals surface area contributed by atoms with E-state index in [1.807, 2.05) is 0 Å². The summed E-state index contributed by atoms with van der Waals surface area (Å²) in [5, 5.41) is 12.8. The molecule has 1 aromatic heterocycles. The van der Waals surface area contributed by atoms with E-state index in [9.17, 15) is 27.9 Å². The van der Waals surface area contributed by atoms with Crippen molar-refractivity contribution >= 4 is 22.8 Å². The summed E-state index contributed by atoms with van der Waals surface area (Å²) in [7, 11) is 0. The van der Waals surface area contributed by atoms with Gasteiger partial charge in [-0.15, -0.1) is 13.2 Å². The van der Waals surface area contributed by atoms with E-state index >= 15 is 0 Å². The Morgan fingerprint density at radius 1 is 1.05 bits per heavy atom. The molecule has 1 aliphatic heterocycles. The molecule has 1 atom stereocenters. The molecule has 2 heterocycles. The Labute approximate surface area is 210 Å². The fraction of sp³-hybridized carbons (Fsp3) is 0.360. The monoisotopic (exact) mass is 518 g/mol.